The van der Waals surface area contributed by atoms with Gasteiger partial charge in [0.2, 0.25) is 0 Å². The number of carbonyl (C=O) groups is 1. The summed E-state index contributed by atoms with van der Waals surface area (Å²) in [6.45, 7) is 0. The maximum atomic E-state index is 11.6. The lowest BCUT2D eigenvalue weighted by molar-refractivity contribution is 0.0598. The number of rotatable bonds is 3. The number of halogens is 1. The molecule has 20 heavy (non-hydrogen) atoms. The first kappa shape index (κ1) is 14.1. The van der Waals surface area contributed by atoms with Crippen LogP contribution in [0.15, 0.2) is 59.6 Å². The van der Waals surface area contributed by atoms with Gasteiger partial charge in [0.05, 0.1) is 12.8 Å². The van der Waals surface area contributed by atoms with Crippen molar-refractivity contribution in [3.8, 4) is 5.75 Å². The quantitative estimate of drug-likeness (QED) is 0.491. The maximum absolute atomic E-state index is 11.6. The highest BCUT2D eigenvalue weighted by molar-refractivity contribution is 6.63. The van der Waals surface area contributed by atoms with Crippen LogP contribution in [0, 0.1) is 0 Å². The van der Waals surface area contributed by atoms with Crippen molar-refractivity contribution in [3.05, 3.63) is 60.2 Å². The molecule has 0 unspecified atom stereocenters. The van der Waals surface area contributed by atoms with Crippen LogP contribution in [0.1, 0.15) is 10.4 Å². The van der Waals surface area contributed by atoms with Crippen LogP contribution in [0.5, 0.6) is 5.75 Å². The molecule has 2 aromatic carbocycles. The molecule has 2 aromatic rings. The molecule has 0 N–H and O–H groups in total. The second kappa shape index (κ2) is 6.73. The minimum Gasteiger partial charge on any atom is -0.465 e. The van der Waals surface area contributed by atoms with Gasteiger partial charge in [0.15, 0.2) is 0 Å². The number of methoxy groups -OCH3 is 1. The molecule has 0 spiro atoms. The summed E-state index contributed by atoms with van der Waals surface area (Å²) in [6, 6.07) is 15.8. The summed E-state index contributed by atoms with van der Waals surface area (Å²) in [4.78, 5) is 15.7. The van der Waals surface area contributed by atoms with Gasteiger partial charge in [-0.1, -0.05) is 30.3 Å². The first-order chi connectivity index (χ1) is 9.70. The first-order valence-corrected chi connectivity index (χ1v) is 6.23. The lowest BCUT2D eigenvalue weighted by Gasteiger charge is -2.07. The van der Waals surface area contributed by atoms with E-state index in [9.17, 15) is 4.79 Å². The van der Waals surface area contributed by atoms with Crippen molar-refractivity contribution in [1.29, 1.82) is 0 Å². The van der Waals surface area contributed by atoms with E-state index < -0.39 is 5.97 Å². The highest BCUT2D eigenvalue weighted by Gasteiger charge is 2.13. The Hall–Kier alpha value is -2.33. The molecule has 2 rings (SSSR count). The molecule has 0 saturated heterocycles. The van der Waals surface area contributed by atoms with E-state index >= 15 is 0 Å². The summed E-state index contributed by atoms with van der Waals surface area (Å²) in [5.41, 5.74) is 0.949. The van der Waals surface area contributed by atoms with E-state index in [0.29, 0.717) is 11.4 Å². The summed E-state index contributed by atoms with van der Waals surface area (Å²) in [5, 5.41) is -0.0763. The second-order valence-electron chi connectivity index (χ2n) is 3.79. The van der Waals surface area contributed by atoms with Crippen LogP contribution >= 0.6 is 11.6 Å². The first-order valence-electron chi connectivity index (χ1n) is 5.85. The van der Waals surface area contributed by atoms with Gasteiger partial charge in [0, 0.05) is 0 Å². The predicted molar refractivity (Wildman–Crippen MR) is 77.8 cm³/mol. The Morgan fingerprint density at radius 1 is 1.05 bits per heavy atom. The Morgan fingerprint density at radius 3 is 2.40 bits per heavy atom. The highest BCUT2D eigenvalue weighted by Crippen LogP contribution is 2.21. The van der Waals surface area contributed by atoms with Gasteiger partial charge >= 0.3 is 5.97 Å². The Bertz CT molecular complexity index is 626. The number of para-hydroxylation sites is 2. The normalized spacial score (nSPS) is 11.0. The minimum absolute atomic E-state index is 0.0763. The predicted octanol–water partition coefficient (Wildman–Crippen LogP) is 3.78. The van der Waals surface area contributed by atoms with Gasteiger partial charge < -0.3 is 9.47 Å². The molecule has 0 amide bonds. The molecule has 0 saturated carbocycles. The Kier molecular flexibility index (Phi) is 4.74. The van der Waals surface area contributed by atoms with E-state index in [1.807, 2.05) is 18.2 Å². The standard InChI is InChI=1S/C15H12ClNO3/c1-19-14(18)12-9-5-6-10-13(12)20-15(16)17-11-7-3-2-4-8-11/h2-10H,1H3. The van der Waals surface area contributed by atoms with E-state index in [2.05, 4.69) is 9.73 Å². The zero-order valence-electron chi connectivity index (χ0n) is 10.7. The average molecular weight is 290 g/mol. The molecule has 4 nitrogen and oxygen atoms in total. The van der Waals surface area contributed by atoms with Crippen molar-refractivity contribution in [2.75, 3.05) is 7.11 Å². The van der Waals surface area contributed by atoms with Crippen molar-refractivity contribution >= 4 is 28.6 Å². The third-order valence-electron chi connectivity index (χ3n) is 2.46. The van der Waals surface area contributed by atoms with Crippen molar-refractivity contribution in [1.82, 2.24) is 0 Å². The number of hydrogen-bond acceptors (Lipinski definition) is 4. The molecule has 5 heteroatoms. The zero-order chi connectivity index (χ0) is 14.4. The van der Waals surface area contributed by atoms with Gasteiger partial charge in [-0.3, -0.25) is 0 Å². The summed E-state index contributed by atoms with van der Waals surface area (Å²) in [6.07, 6.45) is 0. The van der Waals surface area contributed by atoms with Gasteiger partial charge in [-0.05, 0) is 35.9 Å². The van der Waals surface area contributed by atoms with Crippen molar-refractivity contribution in [2.24, 2.45) is 4.99 Å². The molecule has 0 atom stereocenters. The molecule has 0 aromatic heterocycles. The molecular weight excluding hydrogens is 278 g/mol. The molecule has 0 heterocycles. The molecule has 0 aliphatic carbocycles. The van der Waals surface area contributed by atoms with Crippen molar-refractivity contribution in [3.63, 3.8) is 0 Å². The molecule has 0 aliphatic rings. The van der Waals surface area contributed by atoms with Crippen LogP contribution in [0.2, 0.25) is 0 Å². The summed E-state index contributed by atoms with van der Waals surface area (Å²) in [7, 11) is 1.30. The summed E-state index contributed by atoms with van der Waals surface area (Å²) >= 11 is 5.95. The Morgan fingerprint density at radius 2 is 1.70 bits per heavy atom. The number of hydrogen-bond donors (Lipinski definition) is 0. The van der Waals surface area contributed by atoms with E-state index in [-0.39, 0.29) is 10.9 Å². The molecular formula is C15H12ClNO3. The maximum Gasteiger partial charge on any atom is 0.341 e. The van der Waals surface area contributed by atoms with Crippen molar-refractivity contribution in [2.45, 2.75) is 0 Å². The Labute approximate surface area is 121 Å². The number of ether oxygens (including phenoxy) is 2. The number of benzene rings is 2. The SMILES string of the molecule is COC(=O)c1ccccc1OC(Cl)=Nc1ccccc1. The van der Waals surface area contributed by atoms with Crippen LogP contribution in [0.25, 0.3) is 0 Å². The van der Waals surface area contributed by atoms with E-state index in [1.165, 1.54) is 7.11 Å². The van der Waals surface area contributed by atoms with Gasteiger partial charge in [-0.15, -0.1) is 0 Å². The number of aliphatic imine (C=N–C) groups is 1. The van der Waals surface area contributed by atoms with Crippen LogP contribution in [-0.2, 0) is 4.74 Å². The van der Waals surface area contributed by atoms with Gasteiger partial charge in [0.1, 0.15) is 11.3 Å². The van der Waals surface area contributed by atoms with E-state index in [1.54, 1.807) is 36.4 Å². The van der Waals surface area contributed by atoms with Crippen LogP contribution in [-0.4, -0.2) is 18.4 Å². The molecule has 0 radical (unpaired) electrons. The molecule has 0 bridgehead atoms. The molecule has 0 fully saturated rings. The number of esters is 1. The molecule has 102 valence electrons. The van der Waals surface area contributed by atoms with Crippen molar-refractivity contribution < 1.29 is 14.3 Å². The largest absolute Gasteiger partial charge is 0.465 e. The van der Waals surface area contributed by atoms with E-state index in [4.69, 9.17) is 16.3 Å². The van der Waals surface area contributed by atoms with Crippen LogP contribution in [0.3, 0.4) is 0 Å². The highest BCUT2D eigenvalue weighted by atomic mass is 35.5. The third-order valence-corrected chi connectivity index (χ3v) is 2.62. The van der Waals surface area contributed by atoms with Crippen LogP contribution < -0.4 is 4.74 Å². The smallest absolute Gasteiger partial charge is 0.341 e. The fraction of sp³-hybridized carbons (Fsp3) is 0.0667. The monoisotopic (exact) mass is 289 g/mol. The second-order valence-corrected chi connectivity index (χ2v) is 4.11. The lowest BCUT2D eigenvalue weighted by Crippen LogP contribution is -2.07. The zero-order valence-corrected chi connectivity index (χ0v) is 11.5. The Balaban J connectivity index is 2.22. The number of carbonyl (C=O) groups excluding carboxylic acids is 1. The van der Waals surface area contributed by atoms with Gasteiger partial charge in [-0.25, -0.2) is 9.79 Å². The van der Waals surface area contributed by atoms with Gasteiger partial charge in [0.25, 0.3) is 5.36 Å². The fourth-order valence-corrected chi connectivity index (χ4v) is 1.73. The molecule has 0 aliphatic heterocycles. The summed E-state index contributed by atoms with van der Waals surface area (Å²) in [5.74, 6) is -0.200. The van der Waals surface area contributed by atoms with E-state index in [0.717, 1.165) is 0 Å². The third kappa shape index (κ3) is 3.59. The fourth-order valence-electron chi connectivity index (χ4n) is 1.55. The van der Waals surface area contributed by atoms with Crippen LogP contribution in [0.4, 0.5) is 5.69 Å². The minimum atomic E-state index is -0.496. The topological polar surface area (TPSA) is 47.9 Å². The lowest BCUT2D eigenvalue weighted by atomic mass is 10.2. The summed E-state index contributed by atoms with van der Waals surface area (Å²) < 4.78 is 10.1. The number of nitrogens with zero attached hydrogens (tertiary/aromatic N) is 1. The average Bonchev–Trinajstić information content (AvgIpc) is 2.48. The van der Waals surface area contributed by atoms with Gasteiger partial charge in [-0.2, -0.15) is 0 Å².